The van der Waals surface area contributed by atoms with Crippen LogP contribution in [0.4, 0.5) is 0 Å². The van der Waals surface area contributed by atoms with Crippen molar-refractivity contribution < 1.29 is 15.0 Å². The van der Waals surface area contributed by atoms with Crippen molar-refractivity contribution in [1.82, 2.24) is 0 Å². The molecule has 4 aliphatic carbocycles. The molecule has 6 nitrogen and oxygen atoms in total. The number of carbonyl (C=O) groups excluding carboxylic acids is 1. The van der Waals surface area contributed by atoms with Crippen molar-refractivity contribution in [3.63, 3.8) is 0 Å². The summed E-state index contributed by atoms with van der Waals surface area (Å²) in [7, 11) is 0. The van der Waals surface area contributed by atoms with Crippen LogP contribution in [0.2, 0.25) is 0 Å². The van der Waals surface area contributed by atoms with E-state index in [2.05, 4.69) is 23.9 Å². The summed E-state index contributed by atoms with van der Waals surface area (Å²) < 4.78 is 0. The molecule has 4 saturated carbocycles. The number of aromatic hydroxyl groups is 2. The van der Waals surface area contributed by atoms with E-state index in [0.29, 0.717) is 24.4 Å². The summed E-state index contributed by atoms with van der Waals surface area (Å²) in [6.45, 7) is 4.87. The summed E-state index contributed by atoms with van der Waals surface area (Å²) in [6, 6.07) is 3.79. The summed E-state index contributed by atoms with van der Waals surface area (Å²) in [5, 5.41) is 25.7. The zero-order valence-corrected chi connectivity index (χ0v) is 19.5. The lowest BCUT2D eigenvalue weighted by Gasteiger charge is -2.59. The molecule has 2 bridgehead atoms. The van der Waals surface area contributed by atoms with Crippen LogP contribution in [-0.4, -0.2) is 22.5 Å². The van der Waals surface area contributed by atoms with Gasteiger partial charge in [0.05, 0.1) is 0 Å². The first-order chi connectivity index (χ1) is 15.3. The zero-order valence-electron chi connectivity index (χ0n) is 19.5. The second-order valence-corrected chi connectivity index (χ2v) is 11.0. The van der Waals surface area contributed by atoms with Crippen LogP contribution in [0.25, 0.3) is 10.4 Å². The number of nitrogens with zero attached hydrogens (tertiary/aromatic N) is 3. The van der Waals surface area contributed by atoms with Gasteiger partial charge in [0.2, 0.25) is 0 Å². The average Bonchev–Trinajstić information content (AvgIpc) is 3.22. The van der Waals surface area contributed by atoms with Crippen molar-refractivity contribution in [3.05, 3.63) is 33.7 Å². The van der Waals surface area contributed by atoms with Crippen LogP contribution >= 0.6 is 0 Å². The minimum atomic E-state index is -0.0906. The Morgan fingerprint density at radius 3 is 2.34 bits per heavy atom. The molecule has 0 saturated heterocycles. The van der Waals surface area contributed by atoms with Crippen molar-refractivity contribution in [2.75, 3.05) is 6.54 Å². The molecule has 32 heavy (non-hydrogen) atoms. The molecule has 0 aliphatic heterocycles. The normalized spacial score (nSPS) is 27.6. The topological polar surface area (TPSA) is 106 Å². The van der Waals surface area contributed by atoms with E-state index in [1.54, 1.807) is 0 Å². The van der Waals surface area contributed by atoms with E-state index in [1.807, 2.05) is 12.1 Å². The maximum Gasteiger partial charge on any atom is 0.137 e. The van der Waals surface area contributed by atoms with Crippen molar-refractivity contribution in [1.29, 1.82) is 0 Å². The number of azide groups is 1. The van der Waals surface area contributed by atoms with E-state index in [0.717, 1.165) is 56.9 Å². The van der Waals surface area contributed by atoms with E-state index in [1.165, 1.54) is 12.8 Å². The van der Waals surface area contributed by atoms with Crippen LogP contribution in [-0.2, 0) is 10.2 Å². The van der Waals surface area contributed by atoms with Gasteiger partial charge in [0, 0.05) is 35.3 Å². The Kier molecular flexibility index (Phi) is 6.44. The van der Waals surface area contributed by atoms with Gasteiger partial charge in [-0.05, 0) is 72.1 Å². The molecule has 1 aromatic carbocycles. The lowest BCUT2D eigenvalue weighted by Crippen LogP contribution is -2.56. The van der Waals surface area contributed by atoms with Crippen LogP contribution in [0.15, 0.2) is 17.2 Å². The molecule has 4 fully saturated rings. The van der Waals surface area contributed by atoms with Gasteiger partial charge in [0.25, 0.3) is 0 Å². The lowest BCUT2D eigenvalue weighted by molar-refractivity contribution is -0.151. The molecule has 5 rings (SSSR count). The summed E-state index contributed by atoms with van der Waals surface area (Å²) in [4.78, 5) is 15.4. The van der Waals surface area contributed by atoms with Gasteiger partial charge < -0.3 is 10.2 Å². The molecule has 0 spiro atoms. The first kappa shape index (κ1) is 23.0. The van der Waals surface area contributed by atoms with Gasteiger partial charge in [-0.3, -0.25) is 4.79 Å². The fourth-order valence-corrected chi connectivity index (χ4v) is 7.08. The van der Waals surface area contributed by atoms with Crippen molar-refractivity contribution in [2.45, 2.75) is 95.8 Å². The molecule has 0 aromatic heterocycles. The summed E-state index contributed by atoms with van der Waals surface area (Å²) in [5.41, 5.74) is 9.98. The summed E-state index contributed by atoms with van der Waals surface area (Å²) in [6.07, 6.45) is 11.0. The van der Waals surface area contributed by atoms with Crippen molar-refractivity contribution in [3.8, 4) is 11.5 Å². The maximum absolute atomic E-state index is 12.6. The van der Waals surface area contributed by atoms with Gasteiger partial charge in [-0.1, -0.05) is 51.1 Å². The molecule has 3 atom stereocenters. The Morgan fingerprint density at radius 2 is 1.75 bits per heavy atom. The van der Waals surface area contributed by atoms with Crippen molar-refractivity contribution in [2.24, 2.45) is 22.4 Å². The number of phenols is 2. The number of Topliss-reactive ketones (excluding diaryl/α,β-unsaturated/α-hetero) is 1. The molecule has 4 aliphatic rings. The van der Waals surface area contributed by atoms with Crippen molar-refractivity contribution >= 4 is 5.78 Å². The van der Waals surface area contributed by atoms with Crippen LogP contribution in [0, 0.1) is 17.3 Å². The Balaban J connectivity index is 1.51. The first-order valence-electron chi connectivity index (χ1n) is 12.4. The lowest BCUT2D eigenvalue weighted by atomic mass is 9.44. The van der Waals surface area contributed by atoms with Crippen LogP contribution in [0.5, 0.6) is 11.5 Å². The quantitative estimate of drug-likeness (QED) is 0.189. The highest BCUT2D eigenvalue weighted by atomic mass is 16.3. The number of hydrogen-bond acceptors (Lipinski definition) is 4. The fraction of sp³-hybridized carbons (Fsp3) is 0.731. The minimum Gasteiger partial charge on any atom is -0.508 e. The molecular formula is C26H37N3O3. The van der Waals surface area contributed by atoms with Gasteiger partial charge >= 0.3 is 0 Å². The zero-order chi connectivity index (χ0) is 22.9. The second kappa shape index (κ2) is 8.97. The third-order valence-corrected chi connectivity index (χ3v) is 9.05. The fourth-order valence-electron chi connectivity index (χ4n) is 7.08. The van der Waals surface area contributed by atoms with Crippen LogP contribution in [0.1, 0.15) is 102 Å². The van der Waals surface area contributed by atoms with E-state index in [-0.39, 0.29) is 39.9 Å². The number of ketones is 1. The standard InChI is InChI=1S/C26H37N3O3/c1-25(2)19-16-20(25)21(30)15-18(19)24-22(31)13-17(14-23(24)32)26(10-6-7-11-26)9-5-3-4-8-12-28-29-27/h13-14,18-20,31-32H,3-12,15-16H2,1-2H3/t18-,19?,20?/m1/s1. The van der Waals surface area contributed by atoms with Gasteiger partial charge in [-0.15, -0.1) is 0 Å². The number of benzene rings is 1. The van der Waals surface area contributed by atoms with Gasteiger partial charge in [-0.25, -0.2) is 0 Å². The molecule has 0 amide bonds. The number of unbranched alkanes of at least 4 members (excludes halogenated alkanes) is 3. The van der Waals surface area contributed by atoms with Gasteiger partial charge in [-0.2, -0.15) is 0 Å². The first-order valence-corrected chi connectivity index (χ1v) is 12.4. The predicted molar refractivity (Wildman–Crippen MR) is 125 cm³/mol. The monoisotopic (exact) mass is 439 g/mol. The Hall–Kier alpha value is -2.20. The number of carbonyl (C=O) groups is 1. The van der Waals surface area contributed by atoms with Crippen LogP contribution in [0.3, 0.4) is 0 Å². The summed E-state index contributed by atoms with van der Waals surface area (Å²) >= 11 is 0. The third kappa shape index (κ3) is 3.98. The molecule has 0 heterocycles. The number of hydrogen-bond donors (Lipinski definition) is 2. The second-order valence-electron chi connectivity index (χ2n) is 11.0. The molecular weight excluding hydrogens is 402 g/mol. The SMILES string of the molecule is CC1(C)C2CC1[C@H](c1c(O)cc(C3(CCCCCCN=[N+]=[N-])CCCC3)cc1O)CC2=O. The predicted octanol–water partition coefficient (Wildman–Crippen LogP) is 6.89. The van der Waals surface area contributed by atoms with E-state index >= 15 is 0 Å². The smallest absolute Gasteiger partial charge is 0.137 e. The Morgan fingerprint density at radius 1 is 1.09 bits per heavy atom. The maximum atomic E-state index is 12.6. The number of phenolic OH excluding ortho intramolecular Hbond substituents is 2. The third-order valence-electron chi connectivity index (χ3n) is 9.05. The highest BCUT2D eigenvalue weighted by Crippen LogP contribution is 2.64. The van der Waals surface area contributed by atoms with Gasteiger partial charge in [0.15, 0.2) is 0 Å². The minimum absolute atomic E-state index is 0.0154. The van der Waals surface area contributed by atoms with E-state index < -0.39 is 0 Å². The largest absolute Gasteiger partial charge is 0.508 e. The highest BCUT2D eigenvalue weighted by Gasteiger charge is 2.59. The average molecular weight is 440 g/mol. The molecule has 2 unspecified atom stereocenters. The molecule has 6 heteroatoms. The van der Waals surface area contributed by atoms with Gasteiger partial charge in [0.1, 0.15) is 17.3 Å². The van der Waals surface area contributed by atoms with Crippen LogP contribution < -0.4 is 0 Å². The number of rotatable bonds is 9. The Labute approximate surface area is 191 Å². The molecule has 1 aromatic rings. The van der Waals surface area contributed by atoms with E-state index in [4.69, 9.17) is 5.53 Å². The highest BCUT2D eigenvalue weighted by molar-refractivity contribution is 5.86. The summed E-state index contributed by atoms with van der Waals surface area (Å²) in [5.74, 6) is 0.990. The molecule has 2 N–H and O–H groups in total. The Bertz CT molecular complexity index is 890. The van der Waals surface area contributed by atoms with E-state index in [9.17, 15) is 15.0 Å². The number of fused-ring (bicyclic) bond motifs is 2. The molecule has 174 valence electrons. The molecule has 0 radical (unpaired) electrons.